The SMILES string of the molecule is N#CC1=C(Nc2ccccc2)Cc2ccccc21. The summed E-state index contributed by atoms with van der Waals surface area (Å²) >= 11 is 0. The van der Waals surface area contributed by atoms with E-state index in [-0.39, 0.29) is 0 Å². The molecule has 3 rings (SSSR count). The zero-order valence-electron chi connectivity index (χ0n) is 9.85. The summed E-state index contributed by atoms with van der Waals surface area (Å²) < 4.78 is 0. The number of benzene rings is 2. The molecule has 0 atom stereocenters. The highest BCUT2D eigenvalue weighted by Crippen LogP contribution is 2.32. The Morgan fingerprint density at radius 3 is 2.44 bits per heavy atom. The fourth-order valence-corrected chi connectivity index (χ4v) is 2.29. The Bertz CT molecular complexity index is 648. The van der Waals surface area contributed by atoms with Crippen LogP contribution in [0.2, 0.25) is 0 Å². The number of anilines is 1. The van der Waals surface area contributed by atoms with Gasteiger partial charge in [0.1, 0.15) is 6.07 Å². The van der Waals surface area contributed by atoms with Crippen LogP contribution >= 0.6 is 0 Å². The summed E-state index contributed by atoms with van der Waals surface area (Å²) in [5.41, 5.74) is 5.04. The van der Waals surface area contributed by atoms with E-state index in [4.69, 9.17) is 0 Å². The first-order chi connectivity index (χ1) is 8.88. The van der Waals surface area contributed by atoms with Gasteiger partial charge in [0.25, 0.3) is 0 Å². The van der Waals surface area contributed by atoms with Crippen LogP contribution < -0.4 is 5.32 Å². The molecule has 0 bridgehead atoms. The third-order valence-electron chi connectivity index (χ3n) is 3.14. The summed E-state index contributed by atoms with van der Waals surface area (Å²) in [5.74, 6) is 0. The Balaban J connectivity index is 1.97. The molecule has 0 aromatic heterocycles. The summed E-state index contributed by atoms with van der Waals surface area (Å²) in [4.78, 5) is 0. The normalized spacial score (nSPS) is 13.1. The summed E-state index contributed by atoms with van der Waals surface area (Å²) in [6, 6.07) is 20.3. The van der Waals surface area contributed by atoms with Gasteiger partial charge in [-0.05, 0) is 23.3 Å². The lowest BCUT2D eigenvalue weighted by atomic mass is 10.1. The van der Waals surface area contributed by atoms with Crippen molar-refractivity contribution in [1.29, 1.82) is 5.26 Å². The van der Waals surface area contributed by atoms with Crippen molar-refractivity contribution in [3.8, 4) is 6.07 Å². The highest BCUT2D eigenvalue weighted by Gasteiger charge is 2.20. The molecule has 0 unspecified atom stereocenters. The third-order valence-corrected chi connectivity index (χ3v) is 3.14. The van der Waals surface area contributed by atoms with Crippen LogP contribution in [0.1, 0.15) is 11.1 Å². The minimum Gasteiger partial charge on any atom is -0.358 e. The predicted octanol–water partition coefficient (Wildman–Crippen LogP) is 3.59. The van der Waals surface area contributed by atoms with Crippen LogP contribution in [-0.2, 0) is 6.42 Å². The summed E-state index contributed by atoms with van der Waals surface area (Å²) in [6.45, 7) is 0. The minimum absolute atomic E-state index is 0.759. The standard InChI is InChI=1S/C16H12N2/c17-11-15-14-9-5-4-6-12(14)10-16(15)18-13-7-2-1-3-8-13/h1-9,18H,10H2. The zero-order valence-corrected chi connectivity index (χ0v) is 9.85. The Kier molecular flexibility index (Phi) is 2.59. The predicted molar refractivity (Wildman–Crippen MR) is 72.7 cm³/mol. The lowest BCUT2D eigenvalue weighted by molar-refractivity contribution is 1.20. The number of hydrogen-bond donors (Lipinski definition) is 1. The molecule has 1 aliphatic carbocycles. The average Bonchev–Trinajstić information content (AvgIpc) is 2.77. The maximum Gasteiger partial charge on any atom is 0.102 e. The molecule has 2 nitrogen and oxygen atoms in total. The molecule has 1 aliphatic rings. The maximum atomic E-state index is 9.31. The van der Waals surface area contributed by atoms with Crippen molar-refractivity contribution in [3.05, 3.63) is 71.4 Å². The van der Waals surface area contributed by atoms with Crippen molar-refractivity contribution in [2.45, 2.75) is 6.42 Å². The Morgan fingerprint density at radius 1 is 0.944 bits per heavy atom. The van der Waals surface area contributed by atoms with Crippen molar-refractivity contribution in [2.75, 3.05) is 5.32 Å². The number of nitrogens with one attached hydrogen (secondary N) is 1. The van der Waals surface area contributed by atoms with Crippen molar-refractivity contribution < 1.29 is 0 Å². The van der Waals surface area contributed by atoms with Crippen LogP contribution in [0.4, 0.5) is 5.69 Å². The van der Waals surface area contributed by atoms with E-state index in [2.05, 4.69) is 17.5 Å². The van der Waals surface area contributed by atoms with Crippen molar-refractivity contribution in [2.24, 2.45) is 0 Å². The topological polar surface area (TPSA) is 35.8 Å². The van der Waals surface area contributed by atoms with Crippen LogP contribution in [0.5, 0.6) is 0 Å². The monoisotopic (exact) mass is 232 g/mol. The molecule has 2 heteroatoms. The molecule has 2 aromatic carbocycles. The van der Waals surface area contributed by atoms with Gasteiger partial charge in [0.15, 0.2) is 0 Å². The van der Waals surface area contributed by atoms with E-state index in [9.17, 15) is 5.26 Å². The number of rotatable bonds is 2. The summed E-state index contributed by atoms with van der Waals surface area (Å²) in [7, 11) is 0. The van der Waals surface area contributed by atoms with Gasteiger partial charge >= 0.3 is 0 Å². The van der Waals surface area contributed by atoms with Gasteiger partial charge in [-0.2, -0.15) is 5.26 Å². The first kappa shape index (κ1) is 10.6. The summed E-state index contributed by atoms with van der Waals surface area (Å²) in [6.07, 6.45) is 0.800. The largest absolute Gasteiger partial charge is 0.358 e. The molecule has 0 fully saturated rings. The molecule has 1 N–H and O–H groups in total. The number of hydrogen-bond acceptors (Lipinski definition) is 2. The third kappa shape index (κ3) is 1.76. The molecule has 0 saturated heterocycles. The van der Waals surface area contributed by atoms with E-state index in [0.29, 0.717) is 0 Å². The van der Waals surface area contributed by atoms with Crippen molar-refractivity contribution >= 4 is 11.3 Å². The number of nitrogens with zero attached hydrogens (tertiary/aromatic N) is 1. The van der Waals surface area contributed by atoms with Gasteiger partial charge < -0.3 is 5.32 Å². The second-order valence-electron chi connectivity index (χ2n) is 4.29. The van der Waals surface area contributed by atoms with Gasteiger partial charge in [-0.15, -0.1) is 0 Å². The first-order valence-electron chi connectivity index (χ1n) is 5.92. The van der Waals surface area contributed by atoms with Gasteiger partial charge in [-0.3, -0.25) is 0 Å². The second-order valence-corrected chi connectivity index (χ2v) is 4.29. The van der Waals surface area contributed by atoms with Crippen LogP contribution in [-0.4, -0.2) is 0 Å². The molecule has 0 heterocycles. The zero-order chi connectivity index (χ0) is 12.4. The lowest BCUT2D eigenvalue weighted by Gasteiger charge is -2.07. The smallest absolute Gasteiger partial charge is 0.102 e. The molecule has 0 amide bonds. The van der Waals surface area contributed by atoms with Crippen molar-refractivity contribution in [3.63, 3.8) is 0 Å². The molecule has 0 aliphatic heterocycles. The maximum absolute atomic E-state index is 9.31. The number of nitriles is 1. The summed E-state index contributed by atoms with van der Waals surface area (Å²) in [5, 5.41) is 12.7. The van der Waals surface area contributed by atoms with E-state index in [0.717, 1.165) is 28.9 Å². The first-order valence-corrected chi connectivity index (χ1v) is 5.92. The average molecular weight is 232 g/mol. The van der Waals surface area contributed by atoms with Crippen molar-refractivity contribution in [1.82, 2.24) is 0 Å². The number of fused-ring (bicyclic) bond motifs is 1. The molecule has 0 radical (unpaired) electrons. The van der Waals surface area contributed by atoms with Gasteiger partial charge in [0.2, 0.25) is 0 Å². The van der Waals surface area contributed by atoms with Crippen LogP contribution in [0.25, 0.3) is 5.57 Å². The van der Waals surface area contributed by atoms with Gasteiger partial charge in [0.05, 0.1) is 5.57 Å². The minimum atomic E-state index is 0.759. The second kappa shape index (κ2) is 4.38. The quantitative estimate of drug-likeness (QED) is 0.858. The molecular formula is C16H12N2. The van der Waals surface area contributed by atoms with E-state index in [1.807, 2.05) is 48.5 Å². The van der Waals surface area contributed by atoms with Gasteiger partial charge in [-0.1, -0.05) is 42.5 Å². The molecule has 0 saturated carbocycles. The lowest BCUT2D eigenvalue weighted by Crippen LogP contribution is -2.00. The Morgan fingerprint density at radius 2 is 1.67 bits per heavy atom. The fourth-order valence-electron chi connectivity index (χ4n) is 2.29. The van der Waals surface area contributed by atoms with Gasteiger partial charge in [-0.25, -0.2) is 0 Å². The van der Waals surface area contributed by atoms with Crippen LogP contribution in [0.3, 0.4) is 0 Å². The highest BCUT2D eigenvalue weighted by molar-refractivity contribution is 5.87. The number of allylic oxidation sites excluding steroid dienone is 2. The van der Waals surface area contributed by atoms with Gasteiger partial charge in [0, 0.05) is 17.8 Å². The van der Waals surface area contributed by atoms with Crippen LogP contribution in [0, 0.1) is 11.3 Å². The molecule has 86 valence electrons. The Labute approximate surface area is 106 Å². The molecule has 0 spiro atoms. The molecule has 2 aromatic rings. The van der Waals surface area contributed by atoms with E-state index in [1.165, 1.54) is 5.56 Å². The highest BCUT2D eigenvalue weighted by atomic mass is 14.9. The van der Waals surface area contributed by atoms with E-state index >= 15 is 0 Å². The molecule has 18 heavy (non-hydrogen) atoms. The van der Waals surface area contributed by atoms with Crippen LogP contribution in [0.15, 0.2) is 60.3 Å². The van der Waals surface area contributed by atoms with E-state index in [1.54, 1.807) is 0 Å². The van der Waals surface area contributed by atoms with E-state index < -0.39 is 0 Å². The molecular weight excluding hydrogens is 220 g/mol. The number of para-hydroxylation sites is 1. The fraction of sp³-hybridized carbons (Fsp3) is 0.0625. The Hall–Kier alpha value is -2.53.